The number of hydrogen-bond acceptors (Lipinski definition) is 7. The summed E-state index contributed by atoms with van der Waals surface area (Å²) in [4.78, 5) is 65.0. The molecule has 0 unspecified atom stereocenters. The number of carbonyl (C=O) groups excluding carboxylic acids is 5. The van der Waals surface area contributed by atoms with Crippen LogP contribution in [0.15, 0.2) is 61.1 Å². The third-order valence-electron chi connectivity index (χ3n) is 7.54. The second kappa shape index (κ2) is 15.8. The van der Waals surface area contributed by atoms with Crippen molar-refractivity contribution in [2.75, 3.05) is 50.2 Å². The van der Waals surface area contributed by atoms with E-state index in [0.29, 0.717) is 40.7 Å². The van der Waals surface area contributed by atoms with Crippen LogP contribution in [0.3, 0.4) is 0 Å². The lowest BCUT2D eigenvalue weighted by Gasteiger charge is -2.10. The molecular formula is C34H42N8O6. The highest BCUT2D eigenvalue weighted by atomic mass is 16.5. The Balaban J connectivity index is 1.32. The number of methoxy groups -OCH3 is 1. The highest BCUT2D eigenvalue weighted by molar-refractivity contribution is 6.07. The van der Waals surface area contributed by atoms with Crippen LogP contribution in [-0.4, -0.2) is 82.5 Å². The molecule has 4 rings (SSSR count). The molecule has 3 heterocycles. The maximum absolute atomic E-state index is 13.1. The van der Waals surface area contributed by atoms with Gasteiger partial charge >= 0.3 is 5.97 Å². The fraction of sp³-hybridized carbons (Fsp3) is 0.324. The molecule has 0 aliphatic rings. The van der Waals surface area contributed by atoms with E-state index in [0.717, 1.165) is 24.1 Å². The lowest BCUT2D eigenvalue weighted by Crippen LogP contribution is -2.28. The summed E-state index contributed by atoms with van der Waals surface area (Å²) >= 11 is 0. The topological polar surface area (TPSA) is 161 Å². The Morgan fingerprint density at radius 1 is 0.667 bits per heavy atom. The molecule has 0 saturated heterocycles. The Kier molecular flexibility index (Phi) is 11.6. The third-order valence-corrected chi connectivity index (χ3v) is 7.54. The van der Waals surface area contributed by atoms with Crippen molar-refractivity contribution in [1.29, 1.82) is 0 Å². The zero-order valence-electron chi connectivity index (χ0n) is 28.0. The smallest absolute Gasteiger partial charge is 0.309 e. The van der Waals surface area contributed by atoms with Crippen LogP contribution >= 0.6 is 0 Å². The standard InChI is InChI=1S/C34H42N8O6/c1-39(2)13-7-12-35-32(45)27-17-25(20-40(27)3)37-34(47)29-18-26(21-42(29)5)38-33(46)28-16-24(19-41(28)4)36-30(43)14-22-8-10-23(11-9-22)15-31(44)48-6/h8-11,16-21H,7,12-15H2,1-6H3,(H,35,45)(H,36,43)(H,37,47)(H,38,46). The fourth-order valence-corrected chi connectivity index (χ4v) is 5.06. The number of nitrogens with one attached hydrogen (secondary N) is 4. The molecule has 0 bridgehead atoms. The van der Waals surface area contributed by atoms with E-state index in [2.05, 4.69) is 26.0 Å². The summed E-state index contributed by atoms with van der Waals surface area (Å²) in [5.41, 5.74) is 3.87. The van der Waals surface area contributed by atoms with E-state index >= 15 is 0 Å². The zero-order valence-corrected chi connectivity index (χ0v) is 28.0. The second-order valence-corrected chi connectivity index (χ2v) is 11.8. The summed E-state index contributed by atoms with van der Waals surface area (Å²) in [6.07, 6.45) is 5.99. The summed E-state index contributed by atoms with van der Waals surface area (Å²) in [5, 5.41) is 11.3. The van der Waals surface area contributed by atoms with Gasteiger partial charge in [0.1, 0.15) is 17.1 Å². The van der Waals surface area contributed by atoms with Crippen LogP contribution in [0.5, 0.6) is 0 Å². The molecule has 1 aromatic carbocycles. The lowest BCUT2D eigenvalue weighted by molar-refractivity contribution is -0.139. The fourth-order valence-electron chi connectivity index (χ4n) is 5.06. The molecule has 0 aliphatic carbocycles. The van der Waals surface area contributed by atoms with E-state index in [-0.39, 0.29) is 30.6 Å². The van der Waals surface area contributed by atoms with Crippen molar-refractivity contribution in [3.63, 3.8) is 0 Å². The van der Waals surface area contributed by atoms with Gasteiger partial charge in [-0.1, -0.05) is 24.3 Å². The molecule has 0 atom stereocenters. The van der Waals surface area contributed by atoms with Crippen LogP contribution in [0.2, 0.25) is 0 Å². The average Bonchev–Trinajstić information content (AvgIpc) is 3.71. The van der Waals surface area contributed by atoms with E-state index in [9.17, 15) is 24.0 Å². The van der Waals surface area contributed by atoms with Crippen LogP contribution in [0.25, 0.3) is 0 Å². The lowest BCUT2D eigenvalue weighted by atomic mass is 10.1. The molecular weight excluding hydrogens is 616 g/mol. The van der Waals surface area contributed by atoms with Gasteiger partial charge in [0.15, 0.2) is 0 Å². The summed E-state index contributed by atoms with van der Waals surface area (Å²) in [6, 6.07) is 11.8. The number of benzene rings is 1. The highest BCUT2D eigenvalue weighted by Gasteiger charge is 2.19. The minimum Gasteiger partial charge on any atom is -0.469 e. The number of nitrogens with zero attached hydrogens (tertiary/aromatic N) is 4. The summed E-state index contributed by atoms with van der Waals surface area (Å²) in [6.45, 7) is 1.40. The molecule has 0 spiro atoms. The summed E-state index contributed by atoms with van der Waals surface area (Å²) in [5.74, 6) is -1.68. The molecule has 0 fully saturated rings. The van der Waals surface area contributed by atoms with E-state index in [1.165, 1.54) is 7.11 Å². The van der Waals surface area contributed by atoms with Crippen LogP contribution in [0, 0.1) is 0 Å². The molecule has 4 N–H and O–H groups in total. The number of aryl methyl sites for hydroxylation is 3. The van der Waals surface area contributed by atoms with Gasteiger partial charge in [-0.25, -0.2) is 0 Å². The Morgan fingerprint density at radius 2 is 1.10 bits per heavy atom. The van der Waals surface area contributed by atoms with Crippen molar-refractivity contribution < 1.29 is 28.7 Å². The van der Waals surface area contributed by atoms with Crippen LogP contribution in [0.4, 0.5) is 17.1 Å². The highest BCUT2D eigenvalue weighted by Crippen LogP contribution is 2.20. The molecule has 3 aromatic heterocycles. The first-order valence-corrected chi connectivity index (χ1v) is 15.3. The molecule has 0 saturated carbocycles. The van der Waals surface area contributed by atoms with Gasteiger partial charge in [-0.15, -0.1) is 0 Å². The monoisotopic (exact) mass is 658 g/mol. The molecule has 254 valence electrons. The third kappa shape index (κ3) is 9.45. The number of amides is 4. The predicted octanol–water partition coefficient (Wildman–Crippen LogP) is 2.78. The maximum Gasteiger partial charge on any atom is 0.309 e. The first-order valence-electron chi connectivity index (χ1n) is 15.3. The molecule has 48 heavy (non-hydrogen) atoms. The Morgan fingerprint density at radius 3 is 1.56 bits per heavy atom. The SMILES string of the molecule is COC(=O)Cc1ccc(CC(=O)Nc2cc(C(=O)Nc3cc(C(=O)Nc4cc(C(=O)NCCCN(C)C)n(C)c4)n(C)c3)n(C)c2)cc1. The molecule has 4 aromatic rings. The number of aromatic nitrogens is 3. The molecule has 0 aliphatic heterocycles. The summed E-state index contributed by atoms with van der Waals surface area (Å²) < 4.78 is 9.50. The van der Waals surface area contributed by atoms with Crippen molar-refractivity contribution in [2.24, 2.45) is 21.1 Å². The van der Waals surface area contributed by atoms with Gasteiger partial charge in [-0.3, -0.25) is 24.0 Å². The minimum absolute atomic E-state index is 0.109. The normalized spacial score (nSPS) is 10.9. The number of anilines is 3. The van der Waals surface area contributed by atoms with Crippen LogP contribution in [-0.2, 0) is 48.3 Å². The number of ether oxygens (including phenoxy) is 1. The minimum atomic E-state index is -0.430. The predicted molar refractivity (Wildman–Crippen MR) is 182 cm³/mol. The average molecular weight is 659 g/mol. The second-order valence-electron chi connectivity index (χ2n) is 11.8. The van der Waals surface area contributed by atoms with Crippen molar-refractivity contribution in [3.8, 4) is 0 Å². The molecule has 0 radical (unpaired) electrons. The number of rotatable bonds is 14. The number of hydrogen-bond donors (Lipinski definition) is 4. The zero-order chi connectivity index (χ0) is 35.0. The van der Waals surface area contributed by atoms with Crippen molar-refractivity contribution in [2.45, 2.75) is 19.3 Å². The van der Waals surface area contributed by atoms with E-state index < -0.39 is 11.8 Å². The Labute approximate surface area is 279 Å². The van der Waals surface area contributed by atoms with Crippen molar-refractivity contribution in [3.05, 3.63) is 89.3 Å². The molecule has 4 amide bonds. The van der Waals surface area contributed by atoms with Gasteiger partial charge in [0.25, 0.3) is 17.7 Å². The first-order chi connectivity index (χ1) is 22.8. The van der Waals surface area contributed by atoms with Gasteiger partial charge < -0.3 is 44.6 Å². The van der Waals surface area contributed by atoms with Crippen molar-refractivity contribution in [1.82, 2.24) is 23.9 Å². The van der Waals surface area contributed by atoms with Gasteiger partial charge in [0, 0.05) is 46.3 Å². The number of esters is 1. The van der Waals surface area contributed by atoms with Gasteiger partial charge in [-0.05, 0) is 56.4 Å². The van der Waals surface area contributed by atoms with E-state index in [4.69, 9.17) is 0 Å². The largest absolute Gasteiger partial charge is 0.469 e. The number of carbonyl (C=O) groups is 5. The summed E-state index contributed by atoms with van der Waals surface area (Å²) in [7, 11) is 10.4. The maximum atomic E-state index is 13.1. The molecule has 14 nitrogen and oxygen atoms in total. The van der Waals surface area contributed by atoms with Gasteiger partial charge in [0.05, 0.1) is 37.0 Å². The Bertz CT molecular complexity index is 1800. The molecule has 14 heteroatoms. The van der Waals surface area contributed by atoms with E-state index in [1.54, 1.807) is 95.9 Å². The quantitative estimate of drug-likeness (QED) is 0.120. The van der Waals surface area contributed by atoms with Crippen LogP contribution in [0.1, 0.15) is 49.0 Å². The van der Waals surface area contributed by atoms with Crippen LogP contribution < -0.4 is 21.3 Å². The van der Waals surface area contributed by atoms with Gasteiger partial charge in [-0.2, -0.15) is 0 Å². The van der Waals surface area contributed by atoms with Crippen molar-refractivity contribution >= 4 is 46.7 Å². The first kappa shape index (κ1) is 35.2. The Hall–Kier alpha value is -5.63. The van der Waals surface area contributed by atoms with Gasteiger partial charge in [0.2, 0.25) is 5.91 Å². The van der Waals surface area contributed by atoms with E-state index in [1.807, 2.05) is 19.0 Å².